The van der Waals surface area contributed by atoms with Gasteiger partial charge in [-0.3, -0.25) is 14.0 Å². The average Bonchev–Trinajstić information content (AvgIpc) is 3.24. The minimum atomic E-state index is -0.291. The molecule has 0 bridgehead atoms. The lowest BCUT2D eigenvalue weighted by Gasteiger charge is -2.18. The summed E-state index contributed by atoms with van der Waals surface area (Å²) in [5.74, 6) is -0.413. The maximum Gasteiger partial charge on any atom is 0.270 e. The molecule has 0 aliphatic carbocycles. The third-order valence-corrected chi connectivity index (χ3v) is 4.77. The Balaban J connectivity index is 1.48. The number of hydrogen-bond donors (Lipinski definition) is 2. The van der Waals surface area contributed by atoms with Crippen molar-refractivity contribution in [3.8, 4) is 0 Å². The lowest BCUT2D eigenvalue weighted by Crippen LogP contribution is -2.46. The molecule has 0 spiro atoms. The Bertz CT molecular complexity index is 839. The molecule has 0 unspecified atom stereocenters. The summed E-state index contributed by atoms with van der Waals surface area (Å²) < 4.78 is 13.1. The second-order valence-corrected chi connectivity index (χ2v) is 6.58. The summed E-state index contributed by atoms with van der Waals surface area (Å²) in [6.07, 6.45) is 2.67. The summed E-state index contributed by atoms with van der Waals surface area (Å²) in [6, 6.07) is 2.98. The quantitative estimate of drug-likeness (QED) is 0.821. The number of halogens is 1. The molecule has 2 aromatic heterocycles. The number of imidazole rings is 1. The molecular weight excluding hydrogens is 348 g/mol. The molecule has 2 saturated heterocycles. The highest BCUT2D eigenvalue weighted by atomic mass is 35.5. The fourth-order valence-corrected chi connectivity index (χ4v) is 3.61. The number of rotatable bonds is 3. The van der Waals surface area contributed by atoms with E-state index in [1.54, 1.807) is 22.7 Å². The highest BCUT2D eigenvalue weighted by molar-refractivity contribution is 6.33. The predicted molar refractivity (Wildman–Crippen MR) is 88.5 cm³/mol. The van der Waals surface area contributed by atoms with Crippen LogP contribution in [-0.4, -0.2) is 58.7 Å². The first kappa shape index (κ1) is 16.3. The van der Waals surface area contributed by atoms with Crippen molar-refractivity contribution in [2.45, 2.75) is 31.2 Å². The maximum absolute atomic E-state index is 12.6. The molecule has 0 radical (unpaired) electrons. The Labute approximate surface area is 148 Å². The van der Waals surface area contributed by atoms with Crippen molar-refractivity contribution in [1.82, 2.24) is 20.0 Å². The highest BCUT2D eigenvalue weighted by Gasteiger charge is 2.48. The van der Waals surface area contributed by atoms with Crippen LogP contribution in [0, 0.1) is 0 Å². The molecule has 0 aromatic carbocycles. The first-order valence-electron chi connectivity index (χ1n) is 7.97. The summed E-state index contributed by atoms with van der Waals surface area (Å²) >= 11 is 6.09. The molecule has 132 valence electrons. The highest BCUT2D eigenvalue weighted by Crippen LogP contribution is 2.27. The van der Waals surface area contributed by atoms with Crippen molar-refractivity contribution < 1.29 is 19.1 Å². The number of fused-ring (bicyclic) bond motifs is 2. The van der Waals surface area contributed by atoms with Gasteiger partial charge in [-0.2, -0.15) is 0 Å². The van der Waals surface area contributed by atoms with E-state index in [0.29, 0.717) is 29.6 Å². The van der Waals surface area contributed by atoms with Gasteiger partial charge in [0.1, 0.15) is 17.9 Å². The number of pyridine rings is 1. The molecule has 8 nitrogen and oxygen atoms in total. The van der Waals surface area contributed by atoms with Crippen molar-refractivity contribution in [1.29, 1.82) is 0 Å². The van der Waals surface area contributed by atoms with E-state index in [-0.39, 0.29) is 36.1 Å². The third kappa shape index (κ3) is 2.86. The average molecular weight is 365 g/mol. The first-order chi connectivity index (χ1) is 12.0. The van der Waals surface area contributed by atoms with E-state index in [4.69, 9.17) is 21.1 Å². The molecule has 2 aromatic rings. The Hall–Kier alpha value is -2.16. The number of aromatic nitrogens is 2. The molecule has 4 atom stereocenters. The van der Waals surface area contributed by atoms with Crippen LogP contribution < -0.4 is 10.6 Å². The van der Waals surface area contributed by atoms with E-state index < -0.39 is 0 Å². The number of ether oxygens (including phenoxy) is 2. The molecule has 9 heteroatoms. The van der Waals surface area contributed by atoms with Gasteiger partial charge in [-0.05, 0) is 12.1 Å². The Morgan fingerprint density at radius 3 is 2.60 bits per heavy atom. The topological polar surface area (TPSA) is 94.0 Å². The van der Waals surface area contributed by atoms with Gasteiger partial charge in [-0.1, -0.05) is 11.6 Å². The SMILES string of the molecule is CC(=O)N[C@H]1CO[C@H]2[C@@H]1OC[C@@H]2NC(=O)c1cnc2c(Cl)cccn12. The van der Waals surface area contributed by atoms with Gasteiger partial charge >= 0.3 is 0 Å². The summed E-state index contributed by atoms with van der Waals surface area (Å²) in [5.41, 5.74) is 0.912. The van der Waals surface area contributed by atoms with Crippen LogP contribution in [0.4, 0.5) is 0 Å². The second kappa shape index (κ2) is 6.29. The zero-order valence-corrected chi connectivity index (χ0v) is 14.2. The fourth-order valence-electron chi connectivity index (χ4n) is 3.39. The van der Waals surface area contributed by atoms with Gasteiger partial charge in [0.05, 0.1) is 36.5 Å². The maximum atomic E-state index is 12.6. The molecule has 25 heavy (non-hydrogen) atoms. The van der Waals surface area contributed by atoms with E-state index in [1.165, 1.54) is 13.1 Å². The van der Waals surface area contributed by atoms with E-state index in [2.05, 4.69) is 15.6 Å². The molecule has 2 aliphatic rings. The van der Waals surface area contributed by atoms with Crippen LogP contribution >= 0.6 is 11.6 Å². The van der Waals surface area contributed by atoms with Crippen LogP contribution in [0.3, 0.4) is 0 Å². The lowest BCUT2D eigenvalue weighted by molar-refractivity contribution is -0.120. The van der Waals surface area contributed by atoms with Crippen molar-refractivity contribution in [2.24, 2.45) is 0 Å². The third-order valence-electron chi connectivity index (χ3n) is 4.48. The minimum absolute atomic E-state index is 0.132. The van der Waals surface area contributed by atoms with Gasteiger partial charge in [0.25, 0.3) is 5.91 Å². The van der Waals surface area contributed by atoms with E-state index in [9.17, 15) is 9.59 Å². The standard InChI is InChI=1S/C16H17ClN4O4/c1-8(22)19-10-6-24-14-11(7-25-13(10)14)20-16(23)12-5-18-15-9(17)3-2-4-21(12)15/h2-5,10-11,13-14H,6-7H2,1H3,(H,19,22)(H,20,23)/t10-,11-,13+,14+/m0/s1. The Morgan fingerprint density at radius 1 is 1.24 bits per heavy atom. The van der Waals surface area contributed by atoms with Crippen molar-refractivity contribution in [2.75, 3.05) is 13.2 Å². The molecule has 4 heterocycles. The van der Waals surface area contributed by atoms with Gasteiger partial charge < -0.3 is 20.1 Å². The largest absolute Gasteiger partial charge is 0.371 e. The van der Waals surface area contributed by atoms with Crippen LogP contribution in [0.1, 0.15) is 17.4 Å². The number of carbonyl (C=O) groups is 2. The fraction of sp³-hybridized carbons (Fsp3) is 0.438. The molecule has 2 amide bonds. The summed E-state index contributed by atoms with van der Waals surface area (Å²) in [6.45, 7) is 2.15. The van der Waals surface area contributed by atoms with Crippen LogP contribution in [0.5, 0.6) is 0 Å². The number of nitrogens with zero attached hydrogens (tertiary/aromatic N) is 2. The Kier molecular flexibility index (Phi) is 4.10. The number of carbonyl (C=O) groups excluding carboxylic acids is 2. The normalized spacial score (nSPS) is 28.1. The van der Waals surface area contributed by atoms with Gasteiger partial charge in [-0.15, -0.1) is 0 Å². The molecule has 2 aliphatic heterocycles. The smallest absolute Gasteiger partial charge is 0.270 e. The number of nitrogens with one attached hydrogen (secondary N) is 2. The molecule has 2 fully saturated rings. The molecular formula is C16H17ClN4O4. The van der Waals surface area contributed by atoms with Crippen LogP contribution in [0.25, 0.3) is 5.65 Å². The van der Waals surface area contributed by atoms with E-state index in [1.807, 2.05) is 0 Å². The molecule has 0 saturated carbocycles. The summed E-state index contributed by atoms with van der Waals surface area (Å²) in [7, 11) is 0. The molecule has 4 rings (SSSR count). The second-order valence-electron chi connectivity index (χ2n) is 6.18. The number of amides is 2. The monoisotopic (exact) mass is 364 g/mol. The van der Waals surface area contributed by atoms with Crippen LogP contribution in [0.15, 0.2) is 24.5 Å². The van der Waals surface area contributed by atoms with Gasteiger partial charge in [-0.25, -0.2) is 4.98 Å². The van der Waals surface area contributed by atoms with E-state index >= 15 is 0 Å². The Morgan fingerprint density at radius 2 is 1.92 bits per heavy atom. The van der Waals surface area contributed by atoms with Crippen molar-refractivity contribution in [3.05, 3.63) is 35.2 Å². The van der Waals surface area contributed by atoms with Crippen LogP contribution in [0.2, 0.25) is 5.02 Å². The van der Waals surface area contributed by atoms with Crippen LogP contribution in [-0.2, 0) is 14.3 Å². The predicted octanol–water partition coefficient (Wildman–Crippen LogP) is 0.388. The van der Waals surface area contributed by atoms with Gasteiger partial charge in [0.15, 0.2) is 5.65 Å². The number of hydrogen-bond acceptors (Lipinski definition) is 5. The first-order valence-corrected chi connectivity index (χ1v) is 8.35. The van der Waals surface area contributed by atoms with Crippen molar-refractivity contribution in [3.63, 3.8) is 0 Å². The summed E-state index contributed by atoms with van der Waals surface area (Å²) in [4.78, 5) is 28.1. The lowest BCUT2D eigenvalue weighted by atomic mass is 10.1. The van der Waals surface area contributed by atoms with Crippen molar-refractivity contribution >= 4 is 29.1 Å². The van der Waals surface area contributed by atoms with E-state index in [0.717, 1.165) is 0 Å². The summed E-state index contributed by atoms with van der Waals surface area (Å²) in [5, 5.41) is 6.22. The molecule has 2 N–H and O–H groups in total. The van der Waals surface area contributed by atoms with Gasteiger partial charge in [0, 0.05) is 13.1 Å². The zero-order chi connectivity index (χ0) is 17.6. The zero-order valence-electron chi connectivity index (χ0n) is 13.4. The minimum Gasteiger partial charge on any atom is -0.371 e. The van der Waals surface area contributed by atoms with Gasteiger partial charge in [0.2, 0.25) is 5.91 Å².